The molecule has 2 heterocycles. The van der Waals surface area contributed by atoms with Crippen LogP contribution in [0.4, 0.5) is 11.6 Å². The quantitative estimate of drug-likeness (QED) is 0.448. The van der Waals surface area contributed by atoms with Crippen molar-refractivity contribution in [3.63, 3.8) is 0 Å². The Hall–Kier alpha value is -3.24. The van der Waals surface area contributed by atoms with Crippen LogP contribution in [0.5, 0.6) is 0 Å². The van der Waals surface area contributed by atoms with Gasteiger partial charge in [-0.1, -0.05) is 17.7 Å². The predicted molar refractivity (Wildman–Crippen MR) is 108 cm³/mol. The third kappa shape index (κ3) is 3.79. The lowest BCUT2D eigenvalue weighted by atomic mass is 10.2. The minimum absolute atomic E-state index is 0.0776. The number of rotatable bonds is 5. The van der Waals surface area contributed by atoms with Crippen molar-refractivity contribution in [1.82, 2.24) is 4.98 Å². The van der Waals surface area contributed by atoms with E-state index in [9.17, 15) is 18.5 Å². The molecule has 0 bridgehead atoms. The molecule has 10 heteroatoms. The summed E-state index contributed by atoms with van der Waals surface area (Å²) in [4.78, 5) is 16.6. The van der Waals surface area contributed by atoms with Crippen LogP contribution in [0.3, 0.4) is 0 Å². The summed E-state index contributed by atoms with van der Waals surface area (Å²) in [6.07, 6.45) is 0. The first-order chi connectivity index (χ1) is 14.4. The average Bonchev–Trinajstić information content (AvgIpc) is 3.21. The van der Waals surface area contributed by atoms with Crippen molar-refractivity contribution in [1.29, 1.82) is 0 Å². The number of nitro groups is 1. The number of anilines is 1. The summed E-state index contributed by atoms with van der Waals surface area (Å²) in [5.41, 5.74) is 1.31. The van der Waals surface area contributed by atoms with E-state index < -0.39 is 14.8 Å². The summed E-state index contributed by atoms with van der Waals surface area (Å²) in [6, 6.07) is 12.1. The number of hydrogen-bond acceptors (Lipinski definition) is 8. The molecule has 0 atom stereocenters. The fraction of sp³-hybridized carbons (Fsp3) is 0.250. The lowest BCUT2D eigenvalue weighted by Gasteiger charge is -2.26. The molecule has 0 unspecified atom stereocenters. The molecule has 1 saturated heterocycles. The second-order valence-electron chi connectivity index (χ2n) is 6.85. The lowest BCUT2D eigenvalue weighted by molar-refractivity contribution is -0.384. The van der Waals surface area contributed by atoms with Gasteiger partial charge in [-0.3, -0.25) is 10.1 Å². The lowest BCUT2D eigenvalue weighted by Crippen LogP contribution is -2.36. The Morgan fingerprint density at radius 3 is 2.27 bits per heavy atom. The maximum Gasteiger partial charge on any atom is 0.269 e. The molecule has 1 aliphatic rings. The van der Waals surface area contributed by atoms with Gasteiger partial charge in [0, 0.05) is 30.8 Å². The monoisotopic (exact) mass is 429 g/mol. The fourth-order valence-corrected chi connectivity index (χ4v) is 4.44. The van der Waals surface area contributed by atoms with Gasteiger partial charge in [0.2, 0.25) is 26.6 Å². The number of hydrogen-bond donors (Lipinski definition) is 0. The van der Waals surface area contributed by atoms with Crippen molar-refractivity contribution in [2.75, 3.05) is 31.2 Å². The number of benzene rings is 2. The van der Waals surface area contributed by atoms with Gasteiger partial charge in [0.15, 0.2) is 0 Å². The van der Waals surface area contributed by atoms with E-state index >= 15 is 0 Å². The van der Waals surface area contributed by atoms with Crippen molar-refractivity contribution >= 4 is 21.4 Å². The molecule has 156 valence electrons. The van der Waals surface area contributed by atoms with Gasteiger partial charge in [0.05, 0.1) is 23.0 Å². The highest BCUT2D eigenvalue weighted by Gasteiger charge is 2.32. The number of aromatic nitrogens is 1. The van der Waals surface area contributed by atoms with E-state index in [4.69, 9.17) is 9.15 Å². The minimum Gasteiger partial charge on any atom is -0.419 e. The number of oxazole rings is 1. The molecule has 3 aromatic rings. The minimum atomic E-state index is -3.94. The third-order valence-electron chi connectivity index (χ3n) is 4.79. The average molecular weight is 429 g/mol. The van der Waals surface area contributed by atoms with Crippen molar-refractivity contribution in [2.45, 2.75) is 16.8 Å². The summed E-state index contributed by atoms with van der Waals surface area (Å²) in [5, 5.41) is 10.7. The molecule has 2 aromatic carbocycles. The van der Waals surface area contributed by atoms with E-state index in [2.05, 4.69) is 4.98 Å². The number of ether oxygens (including phenoxy) is 1. The maximum atomic E-state index is 13.3. The van der Waals surface area contributed by atoms with Crippen LogP contribution in [0.15, 0.2) is 62.9 Å². The van der Waals surface area contributed by atoms with Gasteiger partial charge in [-0.25, -0.2) is 8.42 Å². The molecule has 0 saturated carbocycles. The number of nitro benzene ring substituents is 1. The van der Waals surface area contributed by atoms with E-state index in [0.717, 1.165) is 5.56 Å². The van der Waals surface area contributed by atoms with Crippen molar-refractivity contribution in [2.24, 2.45) is 0 Å². The van der Waals surface area contributed by atoms with E-state index in [1.54, 1.807) is 17.0 Å². The van der Waals surface area contributed by atoms with Gasteiger partial charge in [0.25, 0.3) is 5.69 Å². The molecule has 0 amide bonds. The van der Waals surface area contributed by atoms with Crippen molar-refractivity contribution < 1.29 is 22.5 Å². The third-order valence-corrected chi connectivity index (χ3v) is 6.46. The van der Waals surface area contributed by atoms with Gasteiger partial charge in [-0.15, -0.1) is 0 Å². The Balaban J connectivity index is 1.81. The van der Waals surface area contributed by atoms with E-state index in [1.165, 1.54) is 36.4 Å². The smallest absolute Gasteiger partial charge is 0.269 e. The second-order valence-corrected chi connectivity index (χ2v) is 8.71. The van der Waals surface area contributed by atoms with E-state index in [-0.39, 0.29) is 27.4 Å². The van der Waals surface area contributed by atoms with Gasteiger partial charge in [-0.2, -0.15) is 4.98 Å². The summed E-state index contributed by atoms with van der Waals surface area (Å²) in [6.45, 7) is 3.68. The molecule has 1 aliphatic heterocycles. The van der Waals surface area contributed by atoms with Gasteiger partial charge < -0.3 is 14.1 Å². The Labute approximate surface area is 173 Å². The van der Waals surface area contributed by atoms with Crippen LogP contribution in [-0.4, -0.2) is 44.6 Å². The van der Waals surface area contributed by atoms with Crippen molar-refractivity contribution in [3.8, 4) is 11.5 Å². The first-order valence-corrected chi connectivity index (χ1v) is 10.7. The molecule has 1 aromatic heterocycles. The molecular weight excluding hydrogens is 410 g/mol. The number of aryl methyl sites for hydroxylation is 1. The van der Waals surface area contributed by atoms with Crippen LogP contribution < -0.4 is 4.90 Å². The Bertz CT molecular complexity index is 1160. The normalized spacial score (nSPS) is 14.6. The number of sulfone groups is 1. The summed E-state index contributed by atoms with van der Waals surface area (Å²) >= 11 is 0. The van der Waals surface area contributed by atoms with Crippen LogP contribution in [-0.2, 0) is 14.6 Å². The first kappa shape index (κ1) is 20.0. The second kappa shape index (κ2) is 7.88. The number of morpholine rings is 1. The maximum absolute atomic E-state index is 13.3. The highest BCUT2D eigenvalue weighted by molar-refractivity contribution is 7.91. The van der Waals surface area contributed by atoms with E-state index in [1.807, 2.05) is 6.92 Å². The molecule has 4 rings (SSSR count). The zero-order valence-corrected chi connectivity index (χ0v) is 17.0. The molecule has 1 fully saturated rings. The summed E-state index contributed by atoms with van der Waals surface area (Å²) < 4.78 is 37.9. The zero-order chi connectivity index (χ0) is 21.3. The predicted octanol–water partition coefficient (Wildman–Crippen LogP) is 3.23. The van der Waals surface area contributed by atoms with Crippen LogP contribution in [0, 0.1) is 17.0 Å². The summed E-state index contributed by atoms with van der Waals surface area (Å²) in [7, 11) is -3.94. The van der Waals surface area contributed by atoms with Crippen LogP contribution in [0.25, 0.3) is 11.5 Å². The van der Waals surface area contributed by atoms with Crippen LogP contribution >= 0.6 is 0 Å². The SMILES string of the molecule is Cc1ccc(S(=O)(=O)c2nc(-c3ccc([N+](=O)[O-])cc3)oc2N2CCOCC2)cc1. The van der Waals surface area contributed by atoms with Gasteiger partial charge in [-0.05, 0) is 31.2 Å². The molecule has 0 N–H and O–H groups in total. The van der Waals surface area contributed by atoms with Gasteiger partial charge >= 0.3 is 0 Å². The molecule has 0 spiro atoms. The Kier molecular flexibility index (Phi) is 5.27. The molecule has 30 heavy (non-hydrogen) atoms. The van der Waals surface area contributed by atoms with E-state index in [0.29, 0.717) is 31.9 Å². The highest BCUT2D eigenvalue weighted by Crippen LogP contribution is 2.35. The first-order valence-electron chi connectivity index (χ1n) is 9.26. The molecule has 9 nitrogen and oxygen atoms in total. The topological polar surface area (TPSA) is 116 Å². The number of nitrogens with zero attached hydrogens (tertiary/aromatic N) is 3. The number of non-ortho nitro benzene ring substituents is 1. The Morgan fingerprint density at radius 1 is 1.03 bits per heavy atom. The van der Waals surface area contributed by atoms with Crippen LogP contribution in [0.2, 0.25) is 0 Å². The largest absolute Gasteiger partial charge is 0.419 e. The summed E-state index contributed by atoms with van der Waals surface area (Å²) in [5.74, 6) is 0.226. The highest BCUT2D eigenvalue weighted by atomic mass is 32.2. The Morgan fingerprint density at radius 2 is 1.67 bits per heavy atom. The fourth-order valence-electron chi connectivity index (χ4n) is 3.12. The standard InChI is InChI=1S/C20H19N3O6S/c1-14-2-8-17(9-3-14)30(26,27)19-20(22-10-12-28-13-11-22)29-18(21-19)15-4-6-16(7-5-15)23(24)25/h2-9H,10-13H2,1H3. The molecule has 0 radical (unpaired) electrons. The van der Waals surface area contributed by atoms with Crippen LogP contribution in [0.1, 0.15) is 5.56 Å². The molecule has 0 aliphatic carbocycles. The zero-order valence-electron chi connectivity index (χ0n) is 16.1. The molecular formula is C20H19N3O6S. The van der Waals surface area contributed by atoms with Crippen molar-refractivity contribution in [3.05, 3.63) is 64.2 Å². The van der Waals surface area contributed by atoms with Gasteiger partial charge in [0.1, 0.15) is 0 Å².